The number of rotatable bonds is 6. The zero-order valence-electron chi connectivity index (χ0n) is 12.8. The van der Waals surface area contributed by atoms with Gasteiger partial charge in [0, 0.05) is 17.7 Å². The number of para-hydroxylation sites is 1. The van der Waals surface area contributed by atoms with Crippen molar-refractivity contribution in [1.82, 2.24) is 5.32 Å². The molecule has 1 unspecified atom stereocenters. The molecule has 2 nitrogen and oxygen atoms in total. The van der Waals surface area contributed by atoms with Gasteiger partial charge in [0.15, 0.2) is 0 Å². The molecule has 0 amide bonds. The smallest absolute Gasteiger partial charge is 0.132 e. The van der Waals surface area contributed by atoms with E-state index in [1.165, 1.54) is 6.07 Å². The van der Waals surface area contributed by atoms with E-state index >= 15 is 0 Å². The van der Waals surface area contributed by atoms with Crippen molar-refractivity contribution < 1.29 is 9.13 Å². The van der Waals surface area contributed by atoms with E-state index in [0.717, 1.165) is 24.3 Å². The van der Waals surface area contributed by atoms with Gasteiger partial charge in [-0.3, -0.25) is 0 Å². The van der Waals surface area contributed by atoms with Gasteiger partial charge in [-0.2, -0.15) is 0 Å². The number of hydrogen-bond donors (Lipinski definition) is 1. The van der Waals surface area contributed by atoms with Gasteiger partial charge in [0.1, 0.15) is 17.3 Å². The van der Waals surface area contributed by atoms with Gasteiger partial charge in [-0.1, -0.05) is 31.2 Å². The molecule has 0 bridgehead atoms. The molecule has 0 fully saturated rings. The summed E-state index contributed by atoms with van der Waals surface area (Å²) in [7, 11) is 0. The third-order valence-corrected chi connectivity index (χ3v) is 3.46. The summed E-state index contributed by atoms with van der Waals surface area (Å²) in [5.74, 6) is 1.03. The molecule has 1 atom stereocenters. The molecule has 2 aromatic carbocycles. The quantitative estimate of drug-likeness (QED) is 0.808. The van der Waals surface area contributed by atoms with Crippen LogP contribution in [0.15, 0.2) is 42.5 Å². The van der Waals surface area contributed by atoms with Gasteiger partial charge in [-0.15, -0.1) is 0 Å². The largest absolute Gasteiger partial charge is 0.457 e. The monoisotopic (exact) mass is 287 g/mol. The highest BCUT2D eigenvalue weighted by Crippen LogP contribution is 2.30. The van der Waals surface area contributed by atoms with Crippen LogP contribution in [0.3, 0.4) is 0 Å². The van der Waals surface area contributed by atoms with Gasteiger partial charge >= 0.3 is 0 Å². The van der Waals surface area contributed by atoms with Crippen LogP contribution in [0, 0.1) is 12.7 Å². The van der Waals surface area contributed by atoms with Crippen LogP contribution in [0.1, 0.15) is 37.4 Å². The van der Waals surface area contributed by atoms with E-state index in [1.807, 2.05) is 24.3 Å². The SMILES string of the molecule is CCCNC(C)c1ccccc1Oc1ccc(C)c(F)c1. The number of benzene rings is 2. The Hall–Kier alpha value is -1.87. The molecule has 21 heavy (non-hydrogen) atoms. The summed E-state index contributed by atoms with van der Waals surface area (Å²) in [6.07, 6.45) is 1.08. The standard InChI is InChI=1S/C18H22FNO/c1-4-11-20-14(3)16-7-5-6-8-18(16)21-15-10-9-13(2)17(19)12-15/h5-10,12,14,20H,4,11H2,1-3H3. The second-order valence-electron chi connectivity index (χ2n) is 5.23. The summed E-state index contributed by atoms with van der Waals surface area (Å²) in [4.78, 5) is 0. The van der Waals surface area contributed by atoms with E-state index in [1.54, 1.807) is 19.1 Å². The van der Waals surface area contributed by atoms with Crippen LogP contribution < -0.4 is 10.1 Å². The zero-order chi connectivity index (χ0) is 15.2. The van der Waals surface area contributed by atoms with Crippen LogP contribution in [0.25, 0.3) is 0 Å². The summed E-state index contributed by atoms with van der Waals surface area (Å²) >= 11 is 0. The van der Waals surface area contributed by atoms with Crippen LogP contribution in [0.2, 0.25) is 0 Å². The Morgan fingerprint density at radius 3 is 2.67 bits per heavy atom. The number of hydrogen-bond acceptors (Lipinski definition) is 2. The molecule has 0 spiro atoms. The third kappa shape index (κ3) is 4.05. The van der Waals surface area contributed by atoms with Crippen LogP contribution >= 0.6 is 0 Å². The Kier molecular flexibility index (Phi) is 5.34. The van der Waals surface area contributed by atoms with Crippen molar-refractivity contribution >= 4 is 0 Å². The number of aryl methyl sites for hydroxylation is 1. The molecule has 0 saturated heterocycles. The van der Waals surface area contributed by atoms with Crippen molar-refractivity contribution in [1.29, 1.82) is 0 Å². The summed E-state index contributed by atoms with van der Waals surface area (Å²) in [5.41, 5.74) is 1.69. The zero-order valence-corrected chi connectivity index (χ0v) is 12.8. The predicted molar refractivity (Wildman–Crippen MR) is 84.4 cm³/mol. The van der Waals surface area contributed by atoms with Crippen LogP contribution in [0.5, 0.6) is 11.5 Å². The van der Waals surface area contributed by atoms with Crippen molar-refractivity contribution in [3.8, 4) is 11.5 Å². The molecule has 0 radical (unpaired) electrons. The Bertz CT molecular complexity index is 598. The Labute approximate surface area is 126 Å². The first-order valence-corrected chi connectivity index (χ1v) is 7.38. The molecule has 2 aromatic rings. The maximum atomic E-state index is 13.6. The van der Waals surface area contributed by atoms with Crippen LogP contribution in [-0.2, 0) is 0 Å². The van der Waals surface area contributed by atoms with E-state index in [-0.39, 0.29) is 11.9 Å². The van der Waals surface area contributed by atoms with Crippen molar-refractivity contribution in [3.05, 3.63) is 59.4 Å². The fraction of sp³-hybridized carbons (Fsp3) is 0.333. The van der Waals surface area contributed by atoms with Gasteiger partial charge in [-0.25, -0.2) is 4.39 Å². The van der Waals surface area contributed by atoms with Gasteiger partial charge in [-0.05, 0) is 44.5 Å². The first-order valence-electron chi connectivity index (χ1n) is 7.38. The van der Waals surface area contributed by atoms with Gasteiger partial charge in [0.05, 0.1) is 0 Å². The lowest BCUT2D eigenvalue weighted by molar-refractivity contribution is 0.456. The lowest BCUT2D eigenvalue weighted by atomic mass is 10.1. The fourth-order valence-corrected chi connectivity index (χ4v) is 2.17. The highest BCUT2D eigenvalue weighted by Gasteiger charge is 2.11. The van der Waals surface area contributed by atoms with Gasteiger partial charge in [0.2, 0.25) is 0 Å². The molecule has 2 rings (SSSR count). The first-order chi connectivity index (χ1) is 10.1. The van der Waals surface area contributed by atoms with Crippen molar-refractivity contribution in [2.75, 3.05) is 6.54 Å². The fourth-order valence-electron chi connectivity index (χ4n) is 2.17. The summed E-state index contributed by atoms with van der Waals surface area (Å²) in [5, 5.41) is 3.44. The van der Waals surface area contributed by atoms with Gasteiger partial charge in [0.25, 0.3) is 0 Å². The van der Waals surface area contributed by atoms with E-state index in [9.17, 15) is 4.39 Å². The van der Waals surface area contributed by atoms with E-state index in [0.29, 0.717) is 11.3 Å². The minimum absolute atomic E-state index is 0.191. The highest BCUT2D eigenvalue weighted by molar-refractivity contribution is 5.40. The molecule has 0 aliphatic carbocycles. The molecule has 0 aliphatic rings. The minimum atomic E-state index is -0.248. The van der Waals surface area contributed by atoms with Crippen molar-refractivity contribution in [3.63, 3.8) is 0 Å². The lowest BCUT2D eigenvalue weighted by Crippen LogP contribution is -2.19. The molecule has 0 aliphatic heterocycles. The van der Waals surface area contributed by atoms with Crippen LogP contribution in [-0.4, -0.2) is 6.54 Å². The van der Waals surface area contributed by atoms with Crippen LogP contribution in [0.4, 0.5) is 4.39 Å². The number of ether oxygens (including phenoxy) is 1. The van der Waals surface area contributed by atoms with Crippen molar-refractivity contribution in [2.45, 2.75) is 33.2 Å². The second kappa shape index (κ2) is 7.23. The Morgan fingerprint density at radius 2 is 1.95 bits per heavy atom. The molecular weight excluding hydrogens is 265 g/mol. The first kappa shape index (κ1) is 15.5. The molecule has 0 heterocycles. The predicted octanol–water partition coefficient (Wildman–Crippen LogP) is 4.99. The second-order valence-corrected chi connectivity index (χ2v) is 5.23. The van der Waals surface area contributed by atoms with E-state index in [2.05, 4.69) is 19.2 Å². The Morgan fingerprint density at radius 1 is 1.19 bits per heavy atom. The van der Waals surface area contributed by atoms with Crippen molar-refractivity contribution in [2.24, 2.45) is 0 Å². The Balaban J connectivity index is 2.21. The maximum absolute atomic E-state index is 13.6. The van der Waals surface area contributed by atoms with E-state index in [4.69, 9.17) is 4.74 Å². The average Bonchev–Trinajstić information content (AvgIpc) is 2.49. The molecule has 1 N–H and O–H groups in total. The highest BCUT2D eigenvalue weighted by atomic mass is 19.1. The average molecular weight is 287 g/mol. The molecular formula is C18H22FNO. The van der Waals surface area contributed by atoms with Gasteiger partial charge < -0.3 is 10.1 Å². The minimum Gasteiger partial charge on any atom is -0.457 e. The van der Waals surface area contributed by atoms with E-state index < -0.39 is 0 Å². The molecule has 3 heteroatoms. The normalized spacial score (nSPS) is 12.2. The number of nitrogens with one attached hydrogen (secondary N) is 1. The molecule has 0 aromatic heterocycles. The topological polar surface area (TPSA) is 21.3 Å². The summed E-state index contributed by atoms with van der Waals surface area (Å²) < 4.78 is 19.5. The summed E-state index contributed by atoms with van der Waals surface area (Å²) in [6.45, 7) is 6.93. The lowest BCUT2D eigenvalue weighted by Gasteiger charge is -2.18. The third-order valence-electron chi connectivity index (χ3n) is 3.46. The summed E-state index contributed by atoms with van der Waals surface area (Å²) in [6, 6.07) is 13.0. The molecule has 0 saturated carbocycles. The number of halogens is 1. The maximum Gasteiger partial charge on any atom is 0.132 e. The molecule has 112 valence electrons.